The first kappa shape index (κ1) is 17.2. The van der Waals surface area contributed by atoms with E-state index in [0.29, 0.717) is 26.1 Å². The Bertz CT molecular complexity index is 772. The van der Waals surface area contributed by atoms with Crippen LogP contribution in [0, 0.1) is 0 Å². The van der Waals surface area contributed by atoms with E-state index in [1.807, 2.05) is 28.2 Å². The van der Waals surface area contributed by atoms with Crippen LogP contribution in [-0.4, -0.2) is 62.3 Å². The lowest BCUT2D eigenvalue weighted by Crippen LogP contribution is -2.45. The number of amides is 2. The molecule has 2 aromatic rings. The largest absolute Gasteiger partial charge is 0.340 e. The molecule has 0 unspecified atom stereocenters. The van der Waals surface area contributed by atoms with Crippen LogP contribution >= 0.6 is 11.3 Å². The van der Waals surface area contributed by atoms with Gasteiger partial charge in [0.15, 0.2) is 0 Å². The van der Waals surface area contributed by atoms with Gasteiger partial charge >= 0.3 is 0 Å². The van der Waals surface area contributed by atoms with Crippen molar-refractivity contribution in [2.45, 2.75) is 38.1 Å². The summed E-state index contributed by atoms with van der Waals surface area (Å²) in [7, 11) is 0. The predicted octanol–water partition coefficient (Wildman–Crippen LogP) is 1.72. The van der Waals surface area contributed by atoms with Crippen LogP contribution in [0.2, 0.25) is 0 Å². The first-order chi connectivity index (χ1) is 12.7. The molecule has 2 fully saturated rings. The normalized spacial score (nSPS) is 20.8. The van der Waals surface area contributed by atoms with Crippen LogP contribution in [-0.2, 0) is 16.1 Å². The molecule has 1 atom stereocenters. The van der Waals surface area contributed by atoms with E-state index in [1.54, 1.807) is 16.2 Å². The summed E-state index contributed by atoms with van der Waals surface area (Å²) < 4.78 is 2.14. The molecule has 4 heterocycles. The van der Waals surface area contributed by atoms with Gasteiger partial charge in [-0.15, -0.1) is 11.3 Å². The third-order valence-corrected chi connectivity index (χ3v) is 5.84. The van der Waals surface area contributed by atoms with Gasteiger partial charge in [-0.25, -0.2) is 9.97 Å². The van der Waals surface area contributed by atoms with Crippen molar-refractivity contribution < 1.29 is 9.59 Å². The van der Waals surface area contributed by atoms with Crippen LogP contribution in [0.15, 0.2) is 23.3 Å². The Hall–Kier alpha value is -2.22. The molecular formula is C18H23N5O2S. The van der Waals surface area contributed by atoms with Crippen molar-refractivity contribution in [1.29, 1.82) is 0 Å². The van der Waals surface area contributed by atoms with Gasteiger partial charge in [0, 0.05) is 49.7 Å². The minimum absolute atomic E-state index is 0.0579. The van der Waals surface area contributed by atoms with E-state index in [2.05, 4.69) is 14.5 Å². The van der Waals surface area contributed by atoms with E-state index in [4.69, 9.17) is 0 Å². The topological polar surface area (TPSA) is 71.3 Å². The van der Waals surface area contributed by atoms with Gasteiger partial charge in [-0.2, -0.15) is 0 Å². The molecule has 0 spiro atoms. The molecule has 2 aliphatic heterocycles. The van der Waals surface area contributed by atoms with E-state index >= 15 is 0 Å². The molecule has 7 nitrogen and oxygen atoms in total. The SMILES string of the molecule is O=C1CCCN1CC(=O)N1CCC[C@@H](c2nccn2Cc2cscn2)C1. The Morgan fingerprint density at radius 3 is 2.96 bits per heavy atom. The van der Waals surface area contributed by atoms with E-state index in [0.717, 1.165) is 37.3 Å². The van der Waals surface area contributed by atoms with Crippen LogP contribution in [0.4, 0.5) is 0 Å². The van der Waals surface area contributed by atoms with Crippen molar-refractivity contribution in [3.63, 3.8) is 0 Å². The molecular weight excluding hydrogens is 350 g/mol. The highest BCUT2D eigenvalue weighted by Gasteiger charge is 2.30. The second-order valence-corrected chi connectivity index (χ2v) is 7.71. The molecule has 2 aliphatic rings. The summed E-state index contributed by atoms with van der Waals surface area (Å²) in [6.07, 6.45) is 7.24. The van der Waals surface area contributed by atoms with Gasteiger partial charge in [0.25, 0.3) is 0 Å². The number of nitrogens with zero attached hydrogens (tertiary/aromatic N) is 5. The molecule has 0 saturated carbocycles. The van der Waals surface area contributed by atoms with E-state index in [9.17, 15) is 9.59 Å². The van der Waals surface area contributed by atoms with E-state index in [1.165, 1.54) is 0 Å². The standard InChI is InChI=1S/C18H23N5O2S/c24-16-4-2-7-22(16)11-17(25)21-6-1-3-14(9-21)18-19-5-8-23(18)10-15-12-26-13-20-15/h5,8,12-14H,1-4,6-7,9-11H2/t14-/m1/s1. The van der Waals surface area contributed by atoms with Crippen molar-refractivity contribution in [2.75, 3.05) is 26.2 Å². The van der Waals surface area contributed by atoms with Gasteiger partial charge in [-0.3, -0.25) is 9.59 Å². The van der Waals surface area contributed by atoms with E-state index < -0.39 is 0 Å². The summed E-state index contributed by atoms with van der Waals surface area (Å²) >= 11 is 1.59. The molecule has 0 radical (unpaired) electrons. The van der Waals surface area contributed by atoms with Gasteiger partial charge in [-0.05, 0) is 19.3 Å². The average Bonchev–Trinajstić information content (AvgIpc) is 3.39. The Morgan fingerprint density at radius 2 is 2.19 bits per heavy atom. The highest BCUT2D eigenvalue weighted by atomic mass is 32.1. The summed E-state index contributed by atoms with van der Waals surface area (Å²) in [5.41, 5.74) is 2.87. The smallest absolute Gasteiger partial charge is 0.242 e. The minimum Gasteiger partial charge on any atom is -0.340 e. The van der Waals surface area contributed by atoms with Crippen molar-refractivity contribution in [1.82, 2.24) is 24.3 Å². The van der Waals surface area contributed by atoms with Gasteiger partial charge in [0.2, 0.25) is 11.8 Å². The number of carbonyl (C=O) groups is 2. The van der Waals surface area contributed by atoms with Crippen molar-refractivity contribution in [2.24, 2.45) is 0 Å². The monoisotopic (exact) mass is 373 g/mol. The van der Waals surface area contributed by atoms with Gasteiger partial charge in [0.05, 0.1) is 24.3 Å². The number of piperidine rings is 1. The minimum atomic E-state index is 0.0579. The van der Waals surface area contributed by atoms with Gasteiger partial charge < -0.3 is 14.4 Å². The number of rotatable bonds is 5. The fourth-order valence-corrected chi connectivity index (χ4v) is 4.40. The molecule has 0 bridgehead atoms. The highest BCUT2D eigenvalue weighted by Crippen LogP contribution is 2.26. The zero-order valence-electron chi connectivity index (χ0n) is 14.7. The highest BCUT2D eigenvalue weighted by molar-refractivity contribution is 7.07. The first-order valence-corrected chi connectivity index (χ1v) is 10.1. The molecule has 8 heteroatoms. The quantitative estimate of drug-likeness (QED) is 0.800. The zero-order chi connectivity index (χ0) is 17.9. The Balaban J connectivity index is 1.41. The summed E-state index contributed by atoms with van der Waals surface area (Å²) in [6.45, 7) is 3.09. The molecule has 0 aromatic carbocycles. The number of likely N-dealkylation sites (tertiary alicyclic amines) is 2. The van der Waals surface area contributed by atoms with Gasteiger partial charge in [-0.1, -0.05) is 0 Å². The molecule has 26 heavy (non-hydrogen) atoms. The molecule has 0 N–H and O–H groups in total. The maximum atomic E-state index is 12.7. The van der Waals surface area contributed by atoms with Crippen LogP contribution in [0.3, 0.4) is 0 Å². The molecule has 0 aliphatic carbocycles. The first-order valence-electron chi connectivity index (χ1n) is 9.14. The number of imidazole rings is 1. The lowest BCUT2D eigenvalue weighted by Gasteiger charge is -2.33. The predicted molar refractivity (Wildman–Crippen MR) is 97.8 cm³/mol. The Morgan fingerprint density at radius 1 is 1.27 bits per heavy atom. The van der Waals surface area contributed by atoms with Crippen LogP contribution < -0.4 is 0 Å². The van der Waals surface area contributed by atoms with Crippen molar-refractivity contribution in [3.05, 3.63) is 34.8 Å². The summed E-state index contributed by atoms with van der Waals surface area (Å²) in [6, 6.07) is 0. The summed E-state index contributed by atoms with van der Waals surface area (Å²) in [4.78, 5) is 36.9. The lowest BCUT2D eigenvalue weighted by atomic mass is 9.97. The number of hydrogen-bond donors (Lipinski definition) is 0. The Kier molecular flexibility index (Phi) is 5.01. The molecule has 2 saturated heterocycles. The fourth-order valence-electron chi connectivity index (χ4n) is 3.85. The van der Waals surface area contributed by atoms with Crippen molar-refractivity contribution in [3.8, 4) is 0 Å². The molecule has 2 aromatic heterocycles. The third-order valence-electron chi connectivity index (χ3n) is 5.20. The number of thiazole rings is 1. The van der Waals surface area contributed by atoms with Crippen LogP contribution in [0.25, 0.3) is 0 Å². The molecule has 4 rings (SSSR count). The maximum absolute atomic E-state index is 12.7. The molecule has 2 amide bonds. The number of carbonyl (C=O) groups excluding carboxylic acids is 2. The fraction of sp³-hybridized carbons (Fsp3) is 0.556. The summed E-state index contributed by atoms with van der Waals surface area (Å²) in [5.74, 6) is 1.41. The second-order valence-electron chi connectivity index (χ2n) is 6.99. The van der Waals surface area contributed by atoms with Crippen LogP contribution in [0.1, 0.15) is 43.1 Å². The average molecular weight is 373 g/mol. The maximum Gasteiger partial charge on any atom is 0.242 e. The number of hydrogen-bond acceptors (Lipinski definition) is 5. The van der Waals surface area contributed by atoms with E-state index in [-0.39, 0.29) is 24.3 Å². The summed E-state index contributed by atoms with van der Waals surface area (Å²) in [5, 5.41) is 2.05. The van der Waals surface area contributed by atoms with Gasteiger partial charge in [0.1, 0.15) is 5.82 Å². The zero-order valence-corrected chi connectivity index (χ0v) is 15.5. The lowest BCUT2D eigenvalue weighted by molar-refractivity contribution is -0.139. The van der Waals surface area contributed by atoms with Crippen molar-refractivity contribution >= 4 is 23.2 Å². The molecule has 138 valence electrons. The number of aromatic nitrogens is 3. The third kappa shape index (κ3) is 3.65. The van der Waals surface area contributed by atoms with Crippen LogP contribution in [0.5, 0.6) is 0 Å². The Labute approximate surface area is 156 Å². The second kappa shape index (κ2) is 7.57.